The van der Waals surface area contributed by atoms with Gasteiger partial charge in [-0.05, 0) is 54.4 Å². The smallest absolute Gasteiger partial charge is 0.224 e. The van der Waals surface area contributed by atoms with E-state index < -0.39 is 0 Å². The van der Waals surface area contributed by atoms with E-state index in [0.29, 0.717) is 23.4 Å². The van der Waals surface area contributed by atoms with Gasteiger partial charge < -0.3 is 10.1 Å². The number of benzene rings is 3. The minimum Gasteiger partial charge on any atom is -0.457 e. The summed E-state index contributed by atoms with van der Waals surface area (Å²) < 4.78 is 19.2. The molecule has 3 aromatic rings. The Kier molecular flexibility index (Phi) is 5.42. The van der Waals surface area contributed by atoms with Crippen molar-refractivity contribution in [1.29, 1.82) is 0 Å². The van der Waals surface area contributed by atoms with Gasteiger partial charge >= 0.3 is 0 Å². The summed E-state index contributed by atoms with van der Waals surface area (Å²) in [5.41, 5.74) is 1.23. The van der Waals surface area contributed by atoms with Gasteiger partial charge in [0, 0.05) is 12.1 Å². The number of hydrogen-bond acceptors (Lipinski definition) is 2. The molecule has 0 aliphatic rings. The zero-order chi connectivity index (χ0) is 17.5. The van der Waals surface area contributed by atoms with E-state index in [1.807, 2.05) is 30.3 Å². The van der Waals surface area contributed by atoms with E-state index in [1.54, 1.807) is 42.5 Å². The van der Waals surface area contributed by atoms with Crippen LogP contribution in [0.3, 0.4) is 0 Å². The average Bonchev–Trinajstić information content (AvgIpc) is 2.64. The summed E-state index contributed by atoms with van der Waals surface area (Å²) in [5.74, 6) is 1.01. The molecule has 25 heavy (non-hydrogen) atoms. The van der Waals surface area contributed by atoms with Crippen LogP contribution in [0.15, 0.2) is 78.9 Å². The first-order chi connectivity index (χ1) is 12.2. The van der Waals surface area contributed by atoms with Crippen molar-refractivity contribution in [3.8, 4) is 11.5 Å². The van der Waals surface area contributed by atoms with Crippen LogP contribution in [0.5, 0.6) is 11.5 Å². The maximum absolute atomic E-state index is 13.5. The first kappa shape index (κ1) is 16.7. The second kappa shape index (κ2) is 8.11. The van der Waals surface area contributed by atoms with E-state index in [1.165, 1.54) is 6.07 Å². The van der Waals surface area contributed by atoms with Crippen LogP contribution in [0, 0.1) is 5.82 Å². The van der Waals surface area contributed by atoms with Gasteiger partial charge in [0.15, 0.2) is 0 Å². The van der Waals surface area contributed by atoms with Gasteiger partial charge in [-0.1, -0.05) is 36.4 Å². The molecule has 0 saturated heterocycles. The minimum absolute atomic E-state index is 0.153. The van der Waals surface area contributed by atoms with Crippen molar-refractivity contribution in [2.45, 2.75) is 12.8 Å². The Bertz CT molecular complexity index is 832. The van der Waals surface area contributed by atoms with E-state index in [9.17, 15) is 9.18 Å². The van der Waals surface area contributed by atoms with Crippen LogP contribution in [0.1, 0.15) is 12.0 Å². The molecule has 0 fully saturated rings. The number of amides is 1. The van der Waals surface area contributed by atoms with E-state index in [0.717, 1.165) is 5.75 Å². The first-order valence-corrected chi connectivity index (χ1v) is 8.07. The normalized spacial score (nSPS) is 10.3. The number of carbonyl (C=O) groups is 1. The lowest BCUT2D eigenvalue weighted by Gasteiger charge is -2.08. The quantitative estimate of drug-likeness (QED) is 0.673. The van der Waals surface area contributed by atoms with Crippen LogP contribution in [-0.4, -0.2) is 5.91 Å². The number of rotatable bonds is 6. The summed E-state index contributed by atoms with van der Waals surface area (Å²) in [7, 11) is 0. The molecule has 0 aliphatic heterocycles. The summed E-state index contributed by atoms with van der Waals surface area (Å²) in [6.45, 7) is 0. The van der Waals surface area contributed by atoms with E-state index in [2.05, 4.69) is 5.32 Å². The van der Waals surface area contributed by atoms with Gasteiger partial charge in [0.05, 0.1) is 0 Å². The predicted molar refractivity (Wildman–Crippen MR) is 96.3 cm³/mol. The molecule has 0 unspecified atom stereocenters. The fourth-order valence-corrected chi connectivity index (χ4v) is 2.40. The van der Waals surface area contributed by atoms with Crippen molar-refractivity contribution >= 4 is 11.6 Å². The molecule has 3 nitrogen and oxygen atoms in total. The molecular formula is C21H18FNO2. The Balaban J connectivity index is 1.52. The summed E-state index contributed by atoms with van der Waals surface area (Å²) >= 11 is 0. The topological polar surface area (TPSA) is 38.3 Å². The Morgan fingerprint density at radius 2 is 1.48 bits per heavy atom. The van der Waals surface area contributed by atoms with E-state index >= 15 is 0 Å². The molecule has 0 aliphatic carbocycles. The van der Waals surface area contributed by atoms with Crippen LogP contribution in [0.2, 0.25) is 0 Å². The molecule has 0 radical (unpaired) electrons. The minimum atomic E-state index is -0.280. The lowest BCUT2D eigenvalue weighted by Crippen LogP contribution is -2.12. The molecule has 126 valence electrons. The predicted octanol–water partition coefficient (Wildman–Crippen LogP) is 5.19. The SMILES string of the molecule is O=C(CCc1ccccc1F)Nc1ccc(Oc2ccccc2)cc1. The summed E-state index contributed by atoms with van der Waals surface area (Å²) in [6, 6.07) is 23.1. The molecule has 0 heterocycles. The number of aryl methyl sites for hydroxylation is 1. The summed E-state index contributed by atoms with van der Waals surface area (Å²) in [4.78, 5) is 12.0. The highest BCUT2D eigenvalue weighted by atomic mass is 19.1. The molecule has 0 atom stereocenters. The molecule has 0 aromatic heterocycles. The molecule has 3 aromatic carbocycles. The molecule has 0 spiro atoms. The highest BCUT2D eigenvalue weighted by Gasteiger charge is 2.06. The monoisotopic (exact) mass is 335 g/mol. The molecule has 4 heteroatoms. The van der Waals surface area contributed by atoms with Gasteiger partial charge in [0.2, 0.25) is 5.91 Å². The third kappa shape index (κ3) is 4.91. The Morgan fingerprint density at radius 3 is 2.20 bits per heavy atom. The van der Waals surface area contributed by atoms with Gasteiger partial charge in [-0.15, -0.1) is 0 Å². The number of nitrogens with one attached hydrogen (secondary N) is 1. The number of hydrogen-bond donors (Lipinski definition) is 1. The number of anilines is 1. The lowest BCUT2D eigenvalue weighted by atomic mass is 10.1. The van der Waals surface area contributed by atoms with Gasteiger partial charge in [-0.3, -0.25) is 4.79 Å². The van der Waals surface area contributed by atoms with Crippen molar-refractivity contribution in [3.63, 3.8) is 0 Å². The highest BCUT2D eigenvalue weighted by Crippen LogP contribution is 2.22. The Morgan fingerprint density at radius 1 is 0.840 bits per heavy atom. The lowest BCUT2D eigenvalue weighted by molar-refractivity contribution is -0.116. The number of para-hydroxylation sites is 1. The van der Waals surface area contributed by atoms with Gasteiger partial charge in [-0.2, -0.15) is 0 Å². The summed E-state index contributed by atoms with van der Waals surface area (Å²) in [6.07, 6.45) is 0.594. The second-order valence-corrected chi connectivity index (χ2v) is 5.58. The Labute approximate surface area is 146 Å². The molecule has 1 N–H and O–H groups in total. The molecule has 0 bridgehead atoms. The van der Waals surface area contributed by atoms with Crippen molar-refractivity contribution in [2.75, 3.05) is 5.32 Å². The van der Waals surface area contributed by atoms with E-state index in [-0.39, 0.29) is 18.1 Å². The molecule has 0 saturated carbocycles. The summed E-state index contributed by atoms with van der Waals surface area (Å²) in [5, 5.41) is 2.81. The van der Waals surface area contributed by atoms with Crippen molar-refractivity contribution < 1.29 is 13.9 Å². The fraction of sp³-hybridized carbons (Fsp3) is 0.0952. The molecular weight excluding hydrogens is 317 g/mol. The zero-order valence-corrected chi connectivity index (χ0v) is 13.6. The van der Waals surface area contributed by atoms with Gasteiger partial charge in [0.25, 0.3) is 0 Å². The van der Waals surface area contributed by atoms with Crippen LogP contribution in [0.4, 0.5) is 10.1 Å². The largest absolute Gasteiger partial charge is 0.457 e. The maximum Gasteiger partial charge on any atom is 0.224 e. The average molecular weight is 335 g/mol. The fourth-order valence-electron chi connectivity index (χ4n) is 2.40. The zero-order valence-electron chi connectivity index (χ0n) is 13.6. The highest BCUT2D eigenvalue weighted by molar-refractivity contribution is 5.90. The number of carbonyl (C=O) groups excluding carboxylic acids is 1. The Hall–Kier alpha value is -3.14. The van der Waals surface area contributed by atoms with Crippen molar-refractivity contribution in [2.24, 2.45) is 0 Å². The molecule has 1 amide bonds. The van der Waals surface area contributed by atoms with Crippen molar-refractivity contribution in [3.05, 3.63) is 90.2 Å². The number of ether oxygens (including phenoxy) is 1. The van der Waals surface area contributed by atoms with Crippen molar-refractivity contribution in [1.82, 2.24) is 0 Å². The maximum atomic E-state index is 13.5. The third-order valence-corrected chi connectivity index (χ3v) is 3.70. The first-order valence-electron chi connectivity index (χ1n) is 8.07. The van der Waals surface area contributed by atoms with Crippen LogP contribution in [-0.2, 0) is 11.2 Å². The van der Waals surface area contributed by atoms with E-state index in [4.69, 9.17) is 4.74 Å². The van der Waals surface area contributed by atoms with Gasteiger partial charge in [-0.25, -0.2) is 4.39 Å². The molecule has 3 rings (SSSR count). The van der Waals surface area contributed by atoms with Gasteiger partial charge in [0.1, 0.15) is 17.3 Å². The van der Waals surface area contributed by atoms with Crippen LogP contribution >= 0.6 is 0 Å². The third-order valence-electron chi connectivity index (χ3n) is 3.70. The number of halogens is 1. The second-order valence-electron chi connectivity index (χ2n) is 5.58. The van der Waals surface area contributed by atoms with Crippen LogP contribution < -0.4 is 10.1 Å². The van der Waals surface area contributed by atoms with Crippen LogP contribution in [0.25, 0.3) is 0 Å². The standard InChI is InChI=1S/C21H18FNO2/c22-20-9-5-4-6-16(20)10-15-21(24)23-17-11-13-19(14-12-17)25-18-7-2-1-3-8-18/h1-9,11-14H,10,15H2,(H,23,24).